The average molecular weight is 337 g/mol. The summed E-state index contributed by atoms with van der Waals surface area (Å²) in [6.07, 6.45) is 3.77. The van der Waals surface area contributed by atoms with Gasteiger partial charge >= 0.3 is 6.61 Å². The number of aromatic nitrogens is 2. The van der Waals surface area contributed by atoms with Gasteiger partial charge in [0.05, 0.1) is 19.3 Å². The smallest absolute Gasteiger partial charge is 0.387 e. The van der Waals surface area contributed by atoms with E-state index in [1.807, 2.05) is 29.1 Å². The fourth-order valence-corrected chi connectivity index (χ4v) is 2.96. The molecular weight excluding hydrogens is 316 g/mol. The second kappa shape index (κ2) is 7.72. The molecule has 1 aliphatic rings. The topological polar surface area (TPSA) is 39.5 Å². The van der Waals surface area contributed by atoms with E-state index < -0.39 is 6.61 Å². The monoisotopic (exact) mass is 337 g/mol. The van der Waals surface area contributed by atoms with Crippen LogP contribution in [0.15, 0.2) is 42.7 Å². The second-order valence-electron chi connectivity index (χ2n) is 5.84. The molecule has 7 heteroatoms. The highest BCUT2D eigenvalue weighted by molar-refractivity contribution is 5.29. The van der Waals surface area contributed by atoms with Gasteiger partial charge in [0.15, 0.2) is 0 Å². The molecular formula is C17H21F2N3O2. The van der Waals surface area contributed by atoms with Crippen LogP contribution in [0.2, 0.25) is 0 Å². The number of alkyl halides is 2. The molecule has 24 heavy (non-hydrogen) atoms. The molecule has 2 aromatic rings. The summed E-state index contributed by atoms with van der Waals surface area (Å²) in [5.41, 5.74) is 1.07. The van der Waals surface area contributed by atoms with Crippen LogP contribution in [0, 0.1) is 0 Å². The standard InChI is InChI=1S/C17H21F2N3O2/c1-13(14-3-5-15(6-4-14)24-17(18)19)21-9-10-23-16(11-21)12-22-8-2-7-20-22/h2-8,13,16-17H,9-12H2,1H3. The summed E-state index contributed by atoms with van der Waals surface area (Å²) >= 11 is 0. The van der Waals surface area contributed by atoms with Crippen molar-refractivity contribution in [3.63, 3.8) is 0 Å². The van der Waals surface area contributed by atoms with Crippen molar-refractivity contribution in [2.75, 3.05) is 19.7 Å². The Bertz CT molecular complexity index is 619. The van der Waals surface area contributed by atoms with E-state index in [4.69, 9.17) is 4.74 Å². The summed E-state index contributed by atoms with van der Waals surface area (Å²) in [6, 6.07) is 8.90. The van der Waals surface area contributed by atoms with Crippen LogP contribution in [0.5, 0.6) is 5.75 Å². The summed E-state index contributed by atoms with van der Waals surface area (Å²) in [6.45, 7) is 2.34. The zero-order valence-electron chi connectivity index (χ0n) is 13.5. The molecule has 0 amide bonds. The molecule has 3 rings (SSSR count). The van der Waals surface area contributed by atoms with Crippen molar-refractivity contribution < 1.29 is 18.3 Å². The van der Waals surface area contributed by atoms with Gasteiger partial charge in [-0.15, -0.1) is 0 Å². The maximum atomic E-state index is 12.2. The van der Waals surface area contributed by atoms with Crippen LogP contribution in [0.3, 0.4) is 0 Å². The van der Waals surface area contributed by atoms with Crippen LogP contribution in [-0.4, -0.2) is 47.1 Å². The lowest BCUT2D eigenvalue weighted by atomic mass is 10.1. The largest absolute Gasteiger partial charge is 0.435 e. The van der Waals surface area contributed by atoms with Crippen molar-refractivity contribution in [1.29, 1.82) is 0 Å². The molecule has 0 N–H and O–H groups in total. The van der Waals surface area contributed by atoms with E-state index in [0.717, 1.165) is 25.2 Å². The van der Waals surface area contributed by atoms with Gasteiger partial charge in [0.2, 0.25) is 0 Å². The fraction of sp³-hybridized carbons (Fsp3) is 0.471. The molecule has 2 heterocycles. The molecule has 2 atom stereocenters. The summed E-state index contributed by atoms with van der Waals surface area (Å²) in [5.74, 6) is 0.180. The first-order valence-corrected chi connectivity index (χ1v) is 7.99. The van der Waals surface area contributed by atoms with E-state index in [2.05, 4.69) is 21.7 Å². The lowest BCUT2D eigenvalue weighted by Crippen LogP contribution is -2.45. The molecule has 0 bridgehead atoms. The highest BCUT2D eigenvalue weighted by Crippen LogP contribution is 2.25. The van der Waals surface area contributed by atoms with E-state index in [1.165, 1.54) is 0 Å². The lowest BCUT2D eigenvalue weighted by molar-refractivity contribution is -0.0509. The Morgan fingerprint density at radius 3 is 2.79 bits per heavy atom. The van der Waals surface area contributed by atoms with Gasteiger partial charge in [0.25, 0.3) is 0 Å². The number of nitrogens with zero attached hydrogens (tertiary/aromatic N) is 3. The maximum Gasteiger partial charge on any atom is 0.387 e. The molecule has 0 radical (unpaired) electrons. The zero-order valence-corrected chi connectivity index (χ0v) is 13.5. The van der Waals surface area contributed by atoms with Crippen molar-refractivity contribution in [1.82, 2.24) is 14.7 Å². The molecule has 2 unspecified atom stereocenters. The van der Waals surface area contributed by atoms with E-state index in [9.17, 15) is 8.78 Å². The Morgan fingerprint density at radius 2 is 2.12 bits per heavy atom. The third kappa shape index (κ3) is 4.30. The van der Waals surface area contributed by atoms with Gasteiger partial charge in [-0.05, 0) is 30.7 Å². The van der Waals surface area contributed by atoms with Crippen LogP contribution in [-0.2, 0) is 11.3 Å². The number of halogens is 2. The average Bonchev–Trinajstić information content (AvgIpc) is 3.07. The third-order valence-corrected chi connectivity index (χ3v) is 4.26. The number of hydrogen-bond donors (Lipinski definition) is 0. The Hall–Kier alpha value is -1.99. The Balaban J connectivity index is 1.60. The Morgan fingerprint density at radius 1 is 1.33 bits per heavy atom. The maximum absolute atomic E-state index is 12.2. The number of morpholine rings is 1. The first-order valence-electron chi connectivity index (χ1n) is 7.99. The highest BCUT2D eigenvalue weighted by Gasteiger charge is 2.25. The van der Waals surface area contributed by atoms with Gasteiger partial charge in [0, 0.05) is 31.5 Å². The van der Waals surface area contributed by atoms with Crippen molar-refractivity contribution >= 4 is 0 Å². The lowest BCUT2D eigenvalue weighted by Gasteiger charge is -2.37. The molecule has 0 spiro atoms. The highest BCUT2D eigenvalue weighted by atomic mass is 19.3. The number of ether oxygens (including phenoxy) is 2. The van der Waals surface area contributed by atoms with E-state index in [1.54, 1.807) is 18.3 Å². The molecule has 0 aliphatic carbocycles. The quantitative estimate of drug-likeness (QED) is 0.812. The van der Waals surface area contributed by atoms with Crippen molar-refractivity contribution in [3.8, 4) is 5.75 Å². The van der Waals surface area contributed by atoms with Crippen molar-refractivity contribution in [3.05, 3.63) is 48.3 Å². The normalized spacial score (nSPS) is 20.2. The second-order valence-corrected chi connectivity index (χ2v) is 5.84. The van der Waals surface area contributed by atoms with Gasteiger partial charge in [-0.2, -0.15) is 13.9 Å². The molecule has 1 aromatic heterocycles. The minimum absolute atomic E-state index is 0.0857. The fourth-order valence-electron chi connectivity index (χ4n) is 2.96. The summed E-state index contributed by atoms with van der Waals surface area (Å²) in [5, 5.41) is 4.21. The van der Waals surface area contributed by atoms with Crippen molar-refractivity contribution in [2.24, 2.45) is 0 Å². The Labute approximate surface area is 139 Å². The van der Waals surface area contributed by atoms with Gasteiger partial charge in [-0.3, -0.25) is 9.58 Å². The first kappa shape index (κ1) is 16.9. The van der Waals surface area contributed by atoms with E-state index >= 15 is 0 Å². The summed E-state index contributed by atoms with van der Waals surface area (Å²) < 4.78 is 36.5. The summed E-state index contributed by atoms with van der Waals surface area (Å²) in [7, 11) is 0. The summed E-state index contributed by atoms with van der Waals surface area (Å²) in [4.78, 5) is 2.33. The number of benzene rings is 1. The SMILES string of the molecule is CC(c1ccc(OC(F)F)cc1)N1CCOC(Cn2cccn2)C1. The predicted molar refractivity (Wildman–Crippen MR) is 85.0 cm³/mol. The molecule has 1 fully saturated rings. The molecule has 0 saturated carbocycles. The Kier molecular flexibility index (Phi) is 5.42. The molecule has 1 aromatic carbocycles. The van der Waals surface area contributed by atoms with Gasteiger partial charge in [-0.1, -0.05) is 12.1 Å². The van der Waals surface area contributed by atoms with Crippen LogP contribution >= 0.6 is 0 Å². The van der Waals surface area contributed by atoms with Crippen LogP contribution in [0.4, 0.5) is 8.78 Å². The molecule has 1 saturated heterocycles. The first-order chi connectivity index (χ1) is 11.6. The van der Waals surface area contributed by atoms with Crippen LogP contribution < -0.4 is 4.74 Å². The van der Waals surface area contributed by atoms with Gasteiger partial charge < -0.3 is 9.47 Å². The van der Waals surface area contributed by atoms with E-state index in [0.29, 0.717) is 6.61 Å². The van der Waals surface area contributed by atoms with Crippen LogP contribution in [0.1, 0.15) is 18.5 Å². The minimum atomic E-state index is -2.80. The number of rotatable bonds is 6. The predicted octanol–water partition coefficient (Wildman–Crippen LogP) is 2.95. The van der Waals surface area contributed by atoms with Crippen molar-refractivity contribution in [2.45, 2.75) is 32.2 Å². The van der Waals surface area contributed by atoms with Gasteiger partial charge in [-0.25, -0.2) is 0 Å². The molecule has 1 aliphatic heterocycles. The molecule has 130 valence electrons. The van der Waals surface area contributed by atoms with E-state index in [-0.39, 0.29) is 17.9 Å². The van der Waals surface area contributed by atoms with Gasteiger partial charge in [0.1, 0.15) is 5.75 Å². The number of hydrogen-bond acceptors (Lipinski definition) is 4. The van der Waals surface area contributed by atoms with Crippen LogP contribution in [0.25, 0.3) is 0 Å². The third-order valence-electron chi connectivity index (χ3n) is 4.26. The molecule has 5 nitrogen and oxygen atoms in total. The minimum Gasteiger partial charge on any atom is -0.435 e. The zero-order chi connectivity index (χ0) is 16.9.